The SMILES string of the molecule is C[C@@H]1COCCN1c1cc(-c2ccc(/N=[SH](/C)=O)cc2)c2ccnc(-c3ccn[nH]3)c2n1. The Balaban J connectivity index is 1.73. The Bertz CT molecular complexity index is 1330. The average molecular weight is 449 g/mol. The molecule has 8 nitrogen and oxygen atoms in total. The van der Waals surface area contributed by atoms with Crippen molar-refractivity contribution in [1.82, 2.24) is 20.2 Å². The van der Waals surface area contributed by atoms with Crippen molar-refractivity contribution >= 4 is 33.0 Å². The lowest BCUT2D eigenvalue weighted by atomic mass is 9.99. The molecule has 0 radical (unpaired) electrons. The first-order valence-electron chi connectivity index (χ1n) is 10.5. The van der Waals surface area contributed by atoms with Crippen LogP contribution in [0.25, 0.3) is 33.4 Å². The van der Waals surface area contributed by atoms with E-state index in [1.807, 2.05) is 36.4 Å². The van der Waals surface area contributed by atoms with E-state index < -0.39 is 10.6 Å². The molecule has 4 heterocycles. The fourth-order valence-corrected chi connectivity index (χ4v) is 4.51. The fraction of sp³-hybridized carbons (Fsp3) is 0.261. The number of H-pyrrole nitrogens is 1. The Hall–Kier alpha value is -3.30. The Morgan fingerprint density at radius 3 is 2.75 bits per heavy atom. The van der Waals surface area contributed by atoms with E-state index >= 15 is 0 Å². The monoisotopic (exact) mass is 448 g/mol. The molecule has 4 aromatic rings. The number of benzene rings is 1. The average Bonchev–Trinajstić information content (AvgIpc) is 3.33. The molecule has 0 saturated carbocycles. The van der Waals surface area contributed by atoms with Crippen LogP contribution in [0.4, 0.5) is 11.5 Å². The van der Waals surface area contributed by atoms with Crippen LogP contribution in [0.15, 0.2) is 59.2 Å². The predicted molar refractivity (Wildman–Crippen MR) is 128 cm³/mol. The van der Waals surface area contributed by atoms with Crippen molar-refractivity contribution in [2.45, 2.75) is 13.0 Å². The van der Waals surface area contributed by atoms with Gasteiger partial charge in [-0.1, -0.05) is 12.1 Å². The van der Waals surface area contributed by atoms with Gasteiger partial charge in [0.25, 0.3) is 0 Å². The summed E-state index contributed by atoms with van der Waals surface area (Å²) >= 11 is 0. The van der Waals surface area contributed by atoms with Gasteiger partial charge in [0.05, 0.1) is 30.6 Å². The molecule has 1 aliphatic heterocycles. The standard InChI is InChI=1S/C23H24N6O2S/c1-15-14-31-12-11-29(15)21-13-19(16-3-5-17(6-4-16)28-32(2)30)18-7-9-24-23(22(18)26-21)20-8-10-25-27-20/h3-10,13,15,32H,11-12,14H2,1-2H3,(H,25,27)/t15-/m1/s1. The molecular weight excluding hydrogens is 424 g/mol. The molecule has 9 heteroatoms. The summed E-state index contributed by atoms with van der Waals surface area (Å²) < 4.78 is 21.3. The first kappa shape index (κ1) is 20.6. The van der Waals surface area contributed by atoms with Crippen LogP contribution in [0.3, 0.4) is 0 Å². The van der Waals surface area contributed by atoms with Gasteiger partial charge in [-0.3, -0.25) is 14.3 Å². The van der Waals surface area contributed by atoms with Gasteiger partial charge in [0.1, 0.15) is 17.0 Å². The molecule has 2 atom stereocenters. The number of thiol groups is 1. The minimum absolute atomic E-state index is 0.218. The Morgan fingerprint density at radius 2 is 2.03 bits per heavy atom. The highest BCUT2D eigenvalue weighted by Gasteiger charge is 2.23. The van der Waals surface area contributed by atoms with E-state index in [0.717, 1.165) is 45.8 Å². The molecule has 1 N–H and O–H groups in total. The molecule has 1 unspecified atom stereocenters. The molecule has 32 heavy (non-hydrogen) atoms. The van der Waals surface area contributed by atoms with E-state index in [1.54, 1.807) is 18.6 Å². The topological polar surface area (TPSA) is 96.4 Å². The number of morpholine rings is 1. The van der Waals surface area contributed by atoms with Crippen LogP contribution in [0, 0.1) is 0 Å². The maximum absolute atomic E-state index is 11.5. The van der Waals surface area contributed by atoms with Crippen molar-refractivity contribution in [2.24, 2.45) is 4.36 Å². The second kappa shape index (κ2) is 8.68. The summed E-state index contributed by atoms with van der Waals surface area (Å²) in [7, 11) is -1.58. The molecule has 0 amide bonds. The van der Waals surface area contributed by atoms with Gasteiger partial charge in [0.15, 0.2) is 0 Å². The highest BCUT2D eigenvalue weighted by molar-refractivity contribution is 7.74. The highest BCUT2D eigenvalue weighted by Crippen LogP contribution is 2.36. The molecule has 164 valence electrons. The number of fused-ring (bicyclic) bond motifs is 1. The first-order valence-corrected chi connectivity index (χ1v) is 12.1. The molecule has 1 saturated heterocycles. The van der Waals surface area contributed by atoms with Gasteiger partial charge in [-0.25, -0.2) is 9.35 Å². The zero-order valence-electron chi connectivity index (χ0n) is 17.9. The van der Waals surface area contributed by atoms with Crippen LogP contribution in [0.5, 0.6) is 0 Å². The largest absolute Gasteiger partial charge is 0.377 e. The molecule has 0 bridgehead atoms. The third-order valence-electron chi connectivity index (χ3n) is 5.57. The third kappa shape index (κ3) is 3.96. The van der Waals surface area contributed by atoms with Gasteiger partial charge in [-0.2, -0.15) is 5.10 Å². The van der Waals surface area contributed by atoms with E-state index in [4.69, 9.17) is 9.72 Å². The lowest BCUT2D eigenvalue weighted by molar-refractivity contribution is 0.0986. The number of aromatic nitrogens is 4. The summed E-state index contributed by atoms with van der Waals surface area (Å²) in [6.07, 6.45) is 5.11. The summed E-state index contributed by atoms with van der Waals surface area (Å²) in [6, 6.07) is 14.0. The summed E-state index contributed by atoms with van der Waals surface area (Å²) in [5.74, 6) is 0.891. The molecule has 5 rings (SSSR count). The van der Waals surface area contributed by atoms with Crippen molar-refractivity contribution in [3.05, 3.63) is 54.9 Å². The fourth-order valence-electron chi connectivity index (χ4n) is 4.05. The van der Waals surface area contributed by atoms with Gasteiger partial charge in [-0.05, 0) is 48.4 Å². The van der Waals surface area contributed by atoms with E-state index in [9.17, 15) is 4.21 Å². The van der Waals surface area contributed by atoms with Crippen LogP contribution in [-0.2, 0) is 15.3 Å². The number of pyridine rings is 2. The smallest absolute Gasteiger partial charge is 0.130 e. The minimum atomic E-state index is -1.58. The quantitative estimate of drug-likeness (QED) is 0.461. The van der Waals surface area contributed by atoms with Crippen molar-refractivity contribution in [3.63, 3.8) is 0 Å². The van der Waals surface area contributed by atoms with Crippen LogP contribution in [0.2, 0.25) is 0 Å². The van der Waals surface area contributed by atoms with Crippen molar-refractivity contribution < 1.29 is 8.95 Å². The molecule has 0 spiro atoms. The van der Waals surface area contributed by atoms with Crippen molar-refractivity contribution in [3.8, 4) is 22.5 Å². The van der Waals surface area contributed by atoms with E-state index in [-0.39, 0.29) is 6.04 Å². The van der Waals surface area contributed by atoms with Crippen molar-refractivity contribution in [1.29, 1.82) is 0 Å². The second-order valence-corrected chi connectivity index (χ2v) is 8.91. The Labute approximate surface area is 187 Å². The summed E-state index contributed by atoms with van der Waals surface area (Å²) in [5, 5.41) is 8.10. The summed E-state index contributed by atoms with van der Waals surface area (Å²) in [4.78, 5) is 11.9. The number of nitrogens with zero attached hydrogens (tertiary/aromatic N) is 5. The van der Waals surface area contributed by atoms with Gasteiger partial charge in [-0.15, -0.1) is 0 Å². The van der Waals surface area contributed by atoms with E-state index in [2.05, 4.69) is 37.4 Å². The zero-order valence-corrected chi connectivity index (χ0v) is 18.8. The molecule has 1 aromatic carbocycles. The number of hydrogen-bond donors (Lipinski definition) is 2. The third-order valence-corrected chi connectivity index (χ3v) is 6.08. The number of aromatic amines is 1. The van der Waals surface area contributed by atoms with E-state index in [0.29, 0.717) is 18.9 Å². The van der Waals surface area contributed by atoms with Crippen LogP contribution in [-0.4, -0.2) is 56.4 Å². The molecule has 1 fully saturated rings. The first-order chi connectivity index (χ1) is 15.6. The lowest BCUT2D eigenvalue weighted by Gasteiger charge is -2.34. The molecule has 3 aromatic heterocycles. The van der Waals surface area contributed by atoms with Gasteiger partial charge in [0.2, 0.25) is 0 Å². The van der Waals surface area contributed by atoms with Gasteiger partial charge < -0.3 is 9.64 Å². The number of nitrogens with one attached hydrogen (secondary N) is 1. The Kier molecular flexibility index (Phi) is 5.59. The van der Waals surface area contributed by atoms with Gasteiger partial charge >= 0.3 is 0 Å². The minimum Gasteiger partial charge on any atom is -0.377 e. The van der Waals surface area contributed by atoms with Gasteiger partial charge in [0, 0.05) is 41.2 Å². The second-order valence-electron chi connectivity index (χ2n) is 7.78. The number of hydrogen-bond acceptors (Lipinski definition) is 7. The van der Waals surface area contributed by atoms with Crippen LogP contribution < -0.4 is 4.90 Å². The maximum Gasteiger partial charge on any atom is 0.130 e. The summed E-state index contributed by atoms with van der Waals surface area (Å²) in [5.41, 5.74) is 5.19. The number of rotatable bonds is 4. The van der Waals surface area contributed by atoms with Crippen LogP contribution in [0.1, 0.15) is 6.92 Å². The number of ether oxygens (including phenoxy) is 1. The zero-order chi connectivity index (χ0) is 22.1. The maximum atomic E-state index is 11.5. The van der Waals surface area contributed by atoms with Crippen LogP contribution >= 0.6 is 0 Å². The highest BCUT2D eigenvalue weighted by atomic mass is 32.2. The normalized spacial score (nSPS) is 17.7. The molecule has 0 aliphatic carbocycles. The summed E-state index contributed by atoms with van der Waals surface area (Å²) in [6.45, 7) is 4.26. The lowest BCUT2D eigenvalue weighted by Crippen LogP contribution is -2.44. The molecular formula is C23H24N6O2S. The van der Waals surface area contributed by atoms with E-state index in [1.165, 1.54) is 0 Å². The Morgan fingerprint density at radius 1 is 1.19 bits per heavy atom. The molecule has 1 aliphatic rings. The van der Waals surface area contributed by atoms with Crippen molar-refractivity contribution in [2.75, 3.05) is 30.9 Å². The number of anilines is 1. The predicted octanol–water partition coefficient (Wildman–Crippen LogP) is 3.84.